The molecule has 2 heterocycles. The van der Waals surface area contributed by atoms with Crippen molar-refractivity contribution in [2.24, 2.45) is 0 Å². The maximum absolute atomic E-state index is 12.5. The molecule has 3 aromatic rings. The van der Waals surface area contributed by atoms with Gasteiger partial charge in [-0.2, -0.15) is 0 Å². The molecule has 6 nitrogen and oxygen atoms in total. The van der Waals surface area contributed by atoms with Crippen molar-refractivity contribution in [3.63, 3.8) is 0 Å². The average molecular weight is 436 g/mol. The van der Waals surface area contributed by atoms with Crippen molar-refractivity contribution >= 4 is 34.1 Å². The van der Waals surface area contributed by atoms with Gasteiger partial charge in [0.05, 0.1) is 5.75 Å². The fourth-order valence-electron chi connectivity index (χ4n) is 3.96. The van der Waals surface area contributed by atoms with Crippen LogP contribution in [0.15, 0.2) is 60.3 Å². The van der Waals surface area contributed by atoms with Crippen LogP contribution in [-0.2, 0) is 17.8 Å². The molecule has 0 unspecified atom stereocenters. The molecule has 31 heavy (non-hydrogen) atoms. The highest BCUT2D eigenvalue weighted by atomic mass is 32.2. The van der Waals surface area contributed by atoms with E-state index in [1.165, 1.54) is 44.1 Å². The highest BCUT2D eigenvalue weighted by Crippen LogP contribution is 2.21. The summed E-state index contributed by atoms with van der Waals surface area (Å²) in [6, 6.07) is 14.1. The van der Waals surface area contributed by atoms with Crippen LogP contribution < -0.4 is 5.32 Å². The lowest BCUT2D eigenvalue weighted by Crippen LogP contribution is -2.32. The second-order valence-electron chi connectivity index (χ2n) is 7.85. The second kappa shape index (κ2) is 10.6. The number of likely N-dealkylation sites (tertiary alicyclic amines) is 1. The van der Waals surface area contributed by atoms with Gasteiger partial charge in [-0.15, -0.1) is 16.8 Å². The van der Waals surface area contributed by atoms with Gasteiger partial charge in [0.15, 0.2) is 5.16 Å². The number of benzene rings is 2. The van der Waals surface area contributed by atoms with Crippen molar-refractivity contribution in [1.82, 2.24) is 19.7 Å². The quantitative estimate of drug-likeness (QED) is 0.399. The maximum Gasteiger partial charge on any atom is 0.234 e. The molecule has 1 aliphatic rings. The van der Waals surface area contributed by atoms with Crippen LogP contribution in [0, 0.1) is 0 Å². The highest BCUT2D eigenvalue weighted by molar-refractivity contribution is 7.99. The first kappa shape index (κ1) is 21.6. The van der Waals surface area contributed by atoms with Gasteiger partial charge < -0.3 is 14.8 Å². The fourth-order valence-corrected chi connectivity index (χ4v) is 4.73. The smallest absolute Gasteiger partial charge is 0.234 e. The zero-order valence-corrected chi connectivity index (χ0v) is 18.6. The van der Waals surface area contributed by atoms with Crippen molar-refractivity contribution < 1.29 is 4.79 Å². The summed E-state index contributed by atoms with van der Waals surface area (Å²) in [5.41, 5.74) is 0.805. The van der Waals surface area contributed by atoms with Crippen molar-refractivity contribution in [3.05, 3.63) is 60.9 Å². The number of aromatic nitrogens is 3. The molecule has 7 heteroatoms. The Morgan fingerprint density at radius 3 is 2.71 bits per heavy atom. The number of fused-ring (bicyclic) bond motifs is 1. The Balaban J connectivity index is 1.34. The van der Waals surface area contributed by atoms with Crippen LogP contribution in [-0.4, -0.2) is 51.0 Å². The van der Waals surface area contributed by atoms with Crippen LogP contribution in [0.2, 0.25) is 0 Å². The number of nitrogens with zero attached hydrogens (tertiary/aromatic N) is 4. The molecular formula is C24H29N5OS. The molecule has 1 aromatic heterocycles. The summed E-state index contributed by atoms with van der Waals surface area (Å²) in [4.78, 5) is 15.0. The minimum Gasteiger partial charge on any atom is -0.325 e. The number of rotatable bonds is 9. The largest absolute Gasteiger partial charge is 0.325 e. The number of hydrogen-bond donors (Lipinski definition) is 1. The Bertz CT molecular complexity index is 1040. The van der Waals surface area contributed by atoms with Crippen molar-refractivity contribution in [2.75, 3.05) is 30.7 Å². The lowest BCUT2D eigenvalue weighted by atomic mass is 10.1. The molecular weight excluding hydrogens is 406 g/mol. The van der Waals surface area contributed by atoms with E-state index in [-0.39, 0.29) is 11.7 Å². The van der Waals surface area contributed by atoms with Crippen LogP contribution in [0.5, 0.6) is 0 Å². The van der Waals surface area contributed by atoms with Crippen molar-refractivity contribution in [3.8, 4) is 0 Å². The molecule has 1 saturated heterocycles. The standard InChI is InChI=1S/C24H29N5OS/c1-2-13-29-22(12-16-28-14-6-3-7-15-28)26-27-24(29)31-18-23(30)25-21-11-10-19-8-4-5-9-20(19)17-21/h2,4-5,8-11,17H,1,3,6-7,12-16,18H2,(H,25,30). The molecule has 0 bridgehead atoms. The van der Waals surface area contributed by atoms with Gasteiger partial charge in [-0.1, -0.05) is 54.6 Å². The van der Waals surface area contributed by atoms with E-state index < -0.39 is 0 Å². The third-order valence-corrected chi connectivity index (χ3v) is 6.54. The molecule has 2 aromatic carbocycles. The summed E-state index contributed by atoms with van der Waals surface area (Å²) >= 11 is 1.42. The third kappa shape index (κ3) is 5.74. The van der Waals surface area contributed by atoms with E-state index in [1.54, 1.807) is 0 Å². The first-order valence-corrected chi connectivity index (χ1v) is 11.9. The normalized spacial score (nSPS) is 14.6. The zero-order valence-electron chi connectivity index (χ0n) is 17.8. The van der Waals surface area contributed by atoms with E-state index in [1.807, 2.05) is 42.5 Å². The van der Waals surface area contributed by atoms with Gasteiger partial charge >= 0.3 is 0 Å². The highest BCUT2D eigenvalue weighted by Gasteiger charge is 2.16. The molecule has 1 amide bonds. The molecule has 0 atom stereocenters. The molecule has 162 valence electrons. The van der Waals surface area contributed by atoms with Crippen molar-refractivity contribution in [1.29, 1.82) is 0 Å². The summed E-state index contributed by atoms with van der Waals surface area (Å²) in [6.07, 6.45) is 6.63. The predicted octanol–water partition coefficient (Wildman–Crippen LogP) is 4.38. The number of hydrogen-bond acceptors (Lipinski definition) is 5. The van der Waals surface area contributed by atoms with E-state index >= 15 is 0 Å². The molecule has 1 fully saturated rings. The Labute approximate surface area is 187 Å². The Morgan fingerprint density at radius 2 is 1.90 bits per heavy atom. The Kier molecular flexibility index (Phi) is 7.38. The van der Waals surface area contributed by atoms with Gasteiger partial charge in [-0.05, 0) is 48.8 Å². The second-order valence-corrected chi connectivity index (χ2v) is 8.79. The van der Waals surface area contributed by atoms with Crippen LogP contribution in [0.25, 0.3) is 10.8 Å². The summed E-state index contributed by atoms with van der Waals surface area (Å²) < 4.78 is 2.07. The van der Waals surface area contributed by atoms with Gasteiger partial charge in [-0.25, -0.2) is 0 Å². The minimum absolute atomic E-state index is 0.0525. The van der Waals surface area contributed by atoms with E-state index in [4.69, 9.17) is 0 Å². The number of anilines is 1. The molecule has 0 saturated carbocycles. The number of amides is 1. The summed E-state index contributed by atoms with van der Waals surface area (Å²) in [7, 11) is 0. The Morgan fingerprint density at radius 1 is 1.10 bits per heavy atom. The lowest BCUT2D eigenvalue weighted by molar-refractivity contribution is -0.113. The van der Waals surface area contributed by atoms with Gasteiger partial charge in [0.25, 0.3) is 0 Å². The van der Waals surface area contributed by atoms with Gasteiger partial charge in [0.2, 0.25) is 5.91 Å². The summed E-state index contributed by atoms with van der Waals surface area (Å²) in [5.74, 6) is 1.19. The van der Waals surface area contributed by atoms with E-state index in [9.17, 15) is 4.79 Å². The molecule has 1 N–H and O–H groups in total. The lowest BCUT2D eigenvalue weighted by Gasteiger charge is -2.26. The van der Waals surface area contributed by atoms with Crippen LogP contribution >= 0.6 is 11.8 Å². The number of nitrogens with one attached hydrogen (secondary N) is 1. The van der Waals surface area contributed by atoms with Gasteiger partial charge in [0.1, 0.15) is 5.82 Å². The monoisotopic (exact) mass is 435 g/mol. The summed E-state index contributed by atoms with van der Waals surface area (Å²) in [5, 5.41) is 14.8. The topological polar surface area (TPSA) is 63.1 Å². The number of carbonyl (C=O) groups excluding carboxylic acids is 1. The molecule has 4 rings (SSSR count). The maximum atomic E-state index is 12.5. The average Bonchev–Trinajstić information content (AvgIpc) is 3.18. The third-order valence-electron chi connectivity index (χ3n) is 5.57. The number of carbonyl (C=O) groups is 1. The van der Waals surface area contributed by atoms with Crippen LogP contribution in [0.1, 0.15) is 25.1 Å². The fraction of sp³-hybridized carbons (Fsp3) is 0.375. The molecule has 0 spiro atoms. The molecule has 0 aliphatic carbocycles. The number of allylic oxidation sites excluding steroid dienone is 1. The SMILES string of the molecule is C=CCn1c(CCN2CCCCC2)nnc1SCC(=O)Nc1ccc2ccccc2c1. The number of piperidine rings is 1. The van der Waals surface area contributed by atoms with Crippen LogP contribution in [0.4, 0.5) is 5.69 Å². The van der Waals surface area contributed by atoms with Gasteiger partial charge in [-0.3, -0.25) is 4.79 Å². The minimum atomic E-state index is -0.0525. The van der Waals surface area contributed by atoms with E-state index in [0.717, 1.165) is 40.4 Å². The molecule has 0 radical (unpaired) electrons. The van der Waals surface area contributed by atoms with E-state index in [0.29, 0.717) is 6.54 Å². The van der Waals surface area contributed by atoms with Crippen LogP contribution in [0.3, 0.4) is 0 Å². The summed E-state index contributed by atoms with van der Waals surface area (Å²) in [6.45, 7) is 7.87. The van der Waals surface area contributed by atoms with Crippen molar-refractivity contribution in [2.45, 2.75) is 37.4 Å². The number of thioether (sulfide) groups is 1. The zero-order chi connectivity index (χ0) is 21.5. The first-order chi connectivity index (χ1) is 15.2. The van der Waals surface area contributed by atoms with Gasteiger partial charge in [0, 0.05) is 25.2 Å². The Hall–Kier alpha value is -2.64. The molecule has 1 aliphatic heterocycles. The van der Waals surface area contributed by atoms with E-state index in [2.05, 4.69) is 37.6 Å². The first-order valence-electron chi connectivity index (χ1n) is 10.9. The predicted molar refractivity (Wildman–Crippen MR) is 128 cm³/mol.